The van der Waals surface area contributed by atoms with Crippen LogP contribution in [-0.4, -0.2) is 5.84 Å². The van der Waals surface area contributed by atoms with Crippen molar-refractivity contribution in [2.45, 2.75) is 5.92 Å². The third-order valence-corrected chi connectivity index (χ3v) is 5.97. The van der Waals surface area contributed by atoms with Crippen molar-refractivity contribution in [1.82, 2.24) is 0 Å². The Bertz CT molecular complexity index is 1370. The molecule has 1 atom stereocenters. The van der Waals surface area contributed by atoms with Crippen LogP contribution in [0, 0.1) is 16.7 Å². The molecule has 1 unspecified atom stereocenters. The molecule has 154 valence electrons. The summed E-state index contributed by atoms with van der Waals surface area (Å²) in [5.41, 5.74) is 3.27. The number of hydrogen-bond donors (Lipinski definition) is 2. The highest BCUT2D eigenvalue weighted by atomic mass is 35.5. The Labute approximate surface area is 189 Å². The lowest BCUT2D eigenvalue weighted by molar-refractivity contribution is 0.430. The number of para-hydroxylation sites is 4. The van der Waals surface area contributed by atoms with Gasteiger partial charge in [0.25, 0.3) is 0 Å². The maximum atomic E-state index is 10.2. The number of anilines is 2. The third-order valence-electron chi connectivity index (χ3n) is 5.72. The van der Waals surface area contributed by atoms with Crippen molar-refractivity contribution in [2.24, 2.45) is 0 Å². The standard InChI is InChI=1S/C25H15ClN4O2/c26-15-11-9-14(10-12-15)21-16(13-27)25-30(18-6-2-4-8-20(18)32-25)23(28)22(21)24-29-17-5-1-3-7-19(17)31-24/h1-12,21,28-29H/b24-22+,28-23?. The molecular weight excluding hydrogens is 424 g/mol. The summed E-state index contributed by atoms with van der Waals surface area (Å²) in [5, 5.41) is 23.3. The lowest BCUT2D eigenvalue weighted by Gasteiger charge is -2.33. The first-order chi connectivity index (χ1) is 15.7. The van der Waals surface area contributed by atoms with Gasteiger partial charge < -0.3 is 14.8 Å². The summed E-state index contributed by atoms with van der Waals surface area (Å²) in [6.07, 6.45) is 0. The summed E-state index contributed by atoms with van der Waals surface area (Å²) < 4.78 is 12.2. The maximum absolute atomic E-state index is 10.2. The number of fused-ring (bicyclic) bond motifs is 4. The molecule has 0 amide bonds. The number of ether oxygens (including phenoxy) is 2. The van der Waals surface area contributed by atoms with Crippen LogP contribution in [0.4, 0.5) is 11.4 Å². The van der Waals surface area contributed by atoms with Gasteiger partial charge in [0.1, 0.15) is 17.5 Å². The molecular formula is C25H15ClN4O2. The average molecular weight is 439 g/mol. The molecule has 6 rings (SSSR count). The van der Waals surface area contributed by atoms with Crippen LogP contribution in [-0.2, 0) is 0 Å². The lowest BCUT2D eigenvalue weighted by atomic mass is 9.81. The van der Waals surface area contributed by atoms with Crippen LogP contribution >= 0.6 is 11.6 Å². The number of nitrogens with one attached hydrogen (secondary N) is 2. The van der Waals surface area contributed by atoms with E-state index >= 15 is 0 Å². The van der Waals surface area contributed by atoms with Gasteiger partial charge in [0.05, 0.1) is 22.9 Å². The molecule has 3 aliphatic rings. The molecule has 3 aliphatic heterocycles. The second kappa shape index (κ2) is 6.91. The van der Waals surface area contributed by atoms with Crippen LogP contribution in [0.2, 0.25) is 5.02 Å². The fourth-order valence-corrected chi connectivity index (χ4v) is 4.41. The molecule has 0 bridgehead atoms. The summed E-state index contributed by atoms with van der Waals surface area (Å²) in [6.45, 7) is 0. The van der Waals surface area contributed by atoms with Gasteiger partial charge in [0, 0.05) is 5.02 Å². The zero-order chi connectivity index (χ0) is 21.8. The van der Waals surface area contributed by atoms with Gasteiger partial charge >= 0.3 is 0 Å². The molecule has 0 saturated carbocycles. The Morgan fingerprint density at radius 2 is 1.66 bits per heavy atom. The smallest absolute Gasteiger partial charge is 0.221 e. The van der Waals surface area contributed by atoms with E-state index in [0.29, 0.717) is 45.1 Å². The molecule has 3 aromatic carbocycles. The van der Waals surface area contributed by atoms with Gasteiger partial charge in [-0.25, -0.2) is 0 Å². The monoisotopic (exact) mass is 438 g/mol. The molecule has 0 aromatic heterocycles. The zero-order valence-electron chi connectivity index (χ0n) is 16.6. The minimum atomic E-state index is -0.567. The Kier molecular flexibility index (Phi) is 4.00. The Balaban J connectivity index is 1.61. The van der Waals surface area contributed by atoms with E-state index in [-0.39, 0.29) is 5.84 Å². The number of benzene rings is 3. The van der Waals surface area contributed by atoms with Crippen LogP contribution in [0.15, 0.2) is 95.7 Å². The fourth-order valence-electron chi connectivity index (χ4n) is 4.29. The zero-order valence-corrected chi connectivity index (χ0v) is 17.4. The van der Waals surface area contributed by atoms with Gasteiger partial charge in [-0.3, -0.25) is 10.3 Å². The van der Waals surface area contributed by atoms with Gasteiger partial charge in [-0.05, 0) is 42.0 Å². The van der Waals surface area contributed by atoms with Crippen LogP contribution in [0.25, 0.3) is 0 Å². The van der Waals surface area contributed by atoms with Gasteiger partial charge in [0.2, 0.25) is 11.8 Å². The Hall–Kier alpha value is -4.21. The third kappa shape index (κ3) is 2.62. The van der Waals surface area contributed by atoms with E-state index in [0.717, 1.165) is 11.3 Å². The SMILES string of the molecule is N#CC1=C2Oc3ccccc3N2C(=N)/C(=C2\Nc3ccccc3O2)C1c1ccc(Cl)cc1. The number of rotatable bonds is 1. The molecule has 0 spiro atoms. The van der Waals surface area contributed by atoms with Crippen molar-refractivity contribution in [1.29, 1.82) is 10.7 Å². The second-order valence-corrected chi connectivity index (χ2v) is 7.97. The largest absolute Gasteiger partial charge is 0.438 e. The van der Waals surface area contributed by atoms with Gasteiger partial charge in [-0.1, -0.05) is 48.0 Å². The molecule has 2 N–H and O–H groups in total. The van der Waals surface area contributed by atoms with E-state index in [9.17, 15) is 5.26 Å². The van der Waals surface area contributed by atoms with E-state index in [1.54, 1.807) is 17.0 Å². The second-order valence-electron chi connectivity index (χ2n) is 7.54. The summed E-state index contributed by atoms with van der Waals surface area (Å²) >= 11 is 6.12. The minimum Gasteiger partial charge on any atom is -0.438 e. The van der Waals surface area contributed by atoms with Crippen LogP contribution in [0.3, 0.4) is 0 Å². The number of amidine groups is 1. The molecule has 0 radical (unpaired) electrons. The topological polar surface area (TPSA) is 81.4 Å². The first-order valence-corrected chi connectivity index (χ1v) is 10.4. The molecule has 32 heavy (non-hydrogen) atoms. The van der Waals surface area contributed by atoms with E-state index in [1.165, 1.54) is 0 Å². The molecule has 3 heterocycles. The van der Waals surface area contributed by atoms with Gasteiger partial charge in [0.15, 0.2) is 11.5 Å². The quantitative estimate of drug-likeness (QED) is 0.504. The van der Waals surface area contributed by atoms with Crippen LogP contribution in [0.1, 0.15) is 11.5 Å². The van der Waals surface area contributed by atoms with E-state index in [2.05, 4.69) is 11.4 Å². The molecule has 0 fully saturated rings. The van der Waals surface area contributed by atoms with Gasteiger partial charge in [-0.15, -0.1) is 0 Å². The molecule has 7 heteroatoms. The van der Waals surface area contributed by atoms with Crippen molar-refractivity contribution in [3.8, 4) is 17.6 Å². The van der Waals surface area contributed by atoms with Crippen LogP contribution in [0.5, 0.6) is 11.5 Å². The van der Waals surface area contributed by atoms with E-state index < -0.39 is 5.92 Å². The van der Waals surface area contributed by atoms with Crippen molar-refractivity contribution in [3.63, 3.8) is 0 Å². The summed E-state index contributed by atoms with van der Waals surface area (Å²) in [5.74, 6) is 1.65. The Morgan fingerprint density at radius 1 is 0.938 bits per heavy atom. The molecule has 3 aromatic rings. The van der Waals surface area contributed by atoms with Gasteiger partial charge in [-0.2, -0.15) is 5.26 Å². The number of hydrogen-bond acceptors (Lipinski definition) is 5. The number of allylic oxidation sites excluding steroid dienone is 1. The van der Waals surface area contributed by atoms with Crippen LogP contribution < -0.4 is 19.7 Å². The highest BCUT2D eigenvalue weighted by Crippen LogP contribution is 2.50. The number of nitrogens with zero attached hydrogens (tertiary/aromatic N) is 2. The maximum Gasteiger partial charge on any atom is 0.221 e. The summed E-state index contributed by atoms with van der Waals surface area (Å²) in [6, 6.07) is 24.6. The first-order valence-electron chi connectivity index (χ1n) is 9.99. The van der Waals surface area contributed by atoms with E-state index in [4.69, 9.17) is 26.5 Å². The normalized spacial score (nSPS) is 20.6. The number of halogens is 1. The molecule has 0 saturated heterocycles. The molecule has 0 aliphatic carbocycles. The lowest BCUT2D eigenvalue weighted by Crippen LogP contribution is -2.39. The van der Waals surface area contributed by atoms with E-state index in [1.807, 2.05) is 60.7 Å². The summed E-state index contributed by atoms with van der Waals surface area (Å²) in [4.78, 5) is 1.66. The van der Waals surface area contributed by atoms with Crippen molar-refractivity contribution in [3.05, 3.63) is 106 Å². The highest BCUT2D eigenvalue weighted by Gasteiger charge is 2.46. The molecule has 6 nitrogen and oxygen atoms in total. The predicted octanol–water partition coefficient (Wildman–Crippen LogP) is 5.76. The highest BCUT2D eigenvalue weighted by molar-refractivity contribution is 6.30. The fraction of sp³-hybridized carbons (Fsp3) is 0.0400. The summed E-state index contributed by atoms with van der Waals surface area (Å²) in [7, 11) is 0. The Morgan fingerprint density at radius 3 is 2.41 bits per heavy atom. The van der Waals surface area contributed by atoms with Crippen molar-refractivity contribution < 1.29 is 9.47 Å². The van der Waals surface area contributed by atoms with Crippen molar-refractivity contribution in [2.75, 3.05) is 10.2 Å². The number of nitriles is 1. The van der Waals surface area contributed by atoms with Crippen molar-refractivity contribution >= 4 is 28.8 Å². The average Bonchev–Trinajstić information content (AvgIpc) is 3.41. The first kappa shape index (κ1) is 18.6. The predicted molar refractivity (Wildman–Crippen MR) is 122 cm³/mol. The minimum absolute atomic E-state index is 0.180.